The van der Waals surface area contributed by atoms with Gasteiger partial charge in [-0.3, -0.25) is 9.78 Å². The van der Waals surface area contributed by atoms with Gasteiger partial charge in [0.15, 0.2) is 11.4 Å². The zero-order chi connectivity index (χ0) is 26.7. The smallest absolute Gasteiger partial charge is 0.324 e. The number of hydrogen-bond acceptors (Lipinski definition) is 9. The number of pyridine rings is 1. The van der Waals surface area contributed by atoms with E-state index < -0.39 is 11.7 Å². The maximum Gasteiger partial charge on any atom is 0.324 e. The number of fused-ring (bicyclic) bond motifs is 1. The molecular weight excluding hydrogens is 484 g/mol. The number of likely N-dealkylation sites (tertiary alicyclic amines) is 1. The summed E-state index contributed by atoms with van der Waals surface area (Å²) in [5, 5.41) is 22.9. The molecule has 10 nitrogen and oxygen atoms in total. The van der Waals surface area contributed by atoms with Crippen molar-refractivity contribution in [3.8, 4) is 17.0 Å². The van der Waals surface area contributed by atoms with Crippen LogP contribution in [-0.2, 0) is 5.41 Å². The van der Waals surface area contributed by atoms with E-state index in [9.17, 15) is 9.90 Å². The Bertz CT molecular complexity index is 1390. The molecule has 1 spiro atoms. The minimum Gasteiger partial charge on any atom is -0.478 e. The van der Waals surface area contributed by atoms with Gasteiger partial charge in [0.05, 0.1) is 23.7 Å². The van der Waals surface area contributed by atoms with Crippen molar-refractivity contribution >= 4 is 17.6 Å². The first-order valence-corrected chi connectivity index (χ1v) is 13.1. The molecule has 5 heterocycles. The average molecular weight is 517 g/mol. The molecule has 2 fully saturated rings. The molecule has 198 valence electrons. The van der Waals surface area contributed by atoms with Crippen LogP contribution in [0.25, 0.3) is 11.3 Å². The van der Waals surface area contributed by atoms with E-state index in [4.69, 9.17) is 14.7 Å². The molecule has 0 bridgehead atoms. The maximum atomic E-state index is 12.7. The van der Waals surface area contributed by atoms with Crippen LogP contribution >= 0.6 is 0 Å². The van der Waals surface area contributed by atoms with Gasteiger partial charge in [-0.2, -0.15) is 4.98 Å². The van der Waals surface area contributed by atoms with E-state index >= 15 is 0 Å². The maximum absolute atomic E-state index is 12.7. The molecule has 3 aliphatic heterocycles. The largest absolute Gasteiger partial charge is 0.478 e. The molecule has 1 aromatic carbocycles. The zero-order valence-electron chi connectivity index (χ0n) is 21.9. The molecule has 3 aliphatic rings. The summed E-state index contributed by atoms with van der Waals surface area (Å²) in [6.45, 7) is 8.39. The third-order valence-corrected chi connectivity index (χ3v) is 7.70. The Morgan fingerprint density at radius 2 is 1.89 bits per heavy atom. The molecule has 38 heavy (non-hydrogen) atoms. The van der Waals surface area contributed by atoms with Gasteiger partial charge in [0.1, 0.15) is 5.75 Å². The number of carbonyl (C=O) groups is 1. The van der Waals surface area contributed by atoms with Crippen molar-refractivity contribution in [3.05, 3.63) is 53.5 Å². The van der Waals surface area contributed by atoms with Crippen molar-refractivity contribution in [1.29, 1.82) is 5.41 Å². The highest BCUT2D eigenvalue weighted by atomic mass is 16.5. The molecule has 0 saturated carbocycles. The van der Waals surface area contributed by atoms with Crippen molar-refractivity contribution in [1.82, 2.24) is 20.0 Å². The fraction of sp³-hybridized carbons (Fsp3) is 0.464. The van der Waals surface area contributed by atoms with Crippen LogP contribution in [0.15, 0.2) is 41.1 Å². The quantitative estimate of drug-likeness (QED) is 0.542. The molecule has 2 saturated heterocycles. The number of β-amino-alcohol motifs (C(OH)–C–C–N with tert-alkyl or cyclic N) is 1. The second-order valence-corrected chi connectivity index (χ2v) is 11.4. The highest BCUT2D eigenvalue weighted by Crippen LogP contribution is 2.42. The van der Waals surface area contributed by atoms with Crippen molar-refractivity contribution in [2.45, 2.75) is 57.2 Å². The molecule has 3 aromatic rings. The fourth-order valence-corrected chi connectivity index (χ4v) is 5.34. The van der Waals surface area contributed by atoms with Crippen molar-refractivity contribution in [2.75, 3.05) is 31.1 Å². The number of rotatable bonds is 3. The first-order valence-electron chi connectivity index (χ1n) is 13.1. The standard InChI is InChI=1S/C28H32N6O4/c1-27(2,3)25-31-26(38-32-25)33-12-9-28(10-13-33)23(29)20-14-21(30-15-22(20)37-28)17-4-6-18(7-5-17)24(36)34-11-8-19(35)16-34/h4-7,14-15,19,29,35H,8-13,16H2,1-3H3/t19-/m0/s1. The molecule has 1 atom stereocenters. The molecule has 2 N–H and O–H groups in total. The SMILES string of the molecule is CC(C)(C)c1noc(N2CCC3(CC2)Oc2cnc(-c4ccc(C(=O)N5CC[C@H](O)C5)cc4)cc2C3=N)n1. The van der Waals surface area contributed by atoms with Crippen molar-refractivity contribution in [3.63, 3.8) is 0 Å². The summed E-state index contributed by atoms with van der Waals surface area (Å²) >= 11 is 0. The van der Waals surface area contributed by atoms with Gasteiger partial charge in [-0.1, -0.05) is 38.1 Å². The number of anilines is 1. The van der Waals surface area contributed by atoms with Crippen LogP contribution in [0.2, 0.25) is 0 Å². The van der Waals surface area contributed by atoms with Gasteiger partial charge in [0.2, 0.25) is 0 Å². The van der Waals surface area contributed by atoms with Crippen LogP contribution in [-0.4, -0.2) is 74.6 Å². The molecule has 10 heteroatoms. The van der Waals surface area contributed by atoms with Crippen LogP contribution in [0.4, 0.5) is 6.01 Å². The lowest BCUT2D eigenvalue weighted by Gasteiger charge is -2.37. The molecule has 0 radical (unpaired) electrons. The zero-order valence-corrected chi connectivity index (χ0v) is 21.9. The number of aromatic nitrogens is 3. The van der Waals surface area contributed by atoms with Gasteiger partial charge in [0.25, 0.3) is 5.91 Å². The summed E-state index contributed by atoms with van der Waals surface area (Å²) < 4.78 is 11.9. The van der Waals surface area contributed by atoms with Crippen LogP contribution in [0, 0.1) is 5.41 Å². The summed E-state index contributed by atoms with van der Waals surface area (Å²) in [7, 11) is 0. The van der Waals surface area contributed by atoms with E-state index in [2.05, 4.69) is 40.8 Å². The highest BCUT2D eigenvalue weighted by Gasteiger charge is 2.48. The summed E-state index contributed by atoms with van der Waals surface area (Å²) in [5.74, 6) is 1.23. The summed E-state index contributed by atoms with van der Waals surface area (Å²) in [4.78, 5) is 25.6. The molecule has 6 rings (SSSR count). The average Bonchev–Trinajstić information content (AvgIpc) is 3.63. The Morgan fingerprint density at radius 3 is 2.53 bits per heavy atom. The lowest BCUT2D eigenvalue weighted by atomic mass is 9.85. The third kappa shape index (κ3) is 4.22. The second-order valence-electron chi connectivity index (χ2n) is 11.4. The van der Waals surface area contributed by atoms with E-state index in [-0.39, 0.29) is 11.3 Å². The van der Waals surface area contributed by atoms with Gasteiger partial charge >= 0.3 is 6.01 Å². The number of aliphatic hydroxyl groups is 1. The van der Waals surface area contributed by atoms with E-state index in [1.807, 2.05) is 18.2 Å². The summed E-state index contributed by atoms with van der Waals surface area (Å²) in [5.41, 5.74) is 2.51. The Kier molecular flexibility index (Phi) is 5.75. The number of carbonyl (C=O) groups excluding carboxylic acids is 1. The minimum atomic E-state index is -0.692. The summed E-state index contributed by atoms with van der Waals surface area (Å²) in [6, 6.07) is 9.74. The van der Waals surface area contributed by atoms with Crippen LogP contribution in [0.5, 0.6) is 5.75 Å². The van der Waals surface area contributed by atoms with Crippen LogP contribution < -0.4 is 9.64 Å². The number of amides is 1. The number of nitrogens with zero attached hydrogens (tertiary/aromatic N) is 5. The minimum absolute atomic E-state index is 0.0753. The molecular formula is C28H32N6O4. The predicted molar refractivity (Wildman–Crippen MR) is 141 cm³/mol. The van der Waals surface area contributed by atoms with Gasteiger partial charge in [-0.05, 0) is 24.6 Å². The van der Waals surface area contributed by atoms with Gasteiger partial charge in [-0.25, -0.2) is 0 Å². The lowest BCUT2D eigenvalue weighted by Crippen LogP contribution is -2.50. The normalized spacial score (nSPS) is 20.6. The number of nitrogens with one attached hydrogen (secondary N) is 1. The van der Waals surface area contributed by atoms with Gasteiger partial charge in [0, 0.05) is 61.1 Å². The van der Waals surface area contributed by atoms with E-state index in [1.54, 1.807) is 23.2 Å². The Labute approximate surface area is 221 Å². The number of hydrogen-bond donors (Lipinski definition) is 2. The monoisotopic (exact) mass is 516 g/mol. The first-order chi connectivity index (χ1) is 18.1. The fourth-order valence-electron chi connectivity index (χ4n) is 5.34. The van der Waals surface area contributed by atoms with Crippen LogP contribution in [0.1, 0.15) is 61.8 Å². The van der Waals surface area contributed by atoms with Crippen molar-refractivity contribution < 1.29 is 19.2 Å². The Hall–Kier alpha value is -3.79. The number of ether oxygens (including phenoxy) is 1. The highest BCUT2D eigenvalue weighted by molar-refractivity contribution is 6.10. The van der Waals surface area contributed by atoms with Gasteiger partial charge in [-0.15, -0.1) is 0 Å². The topological polar surface area (TPSA) is 129 Å². The molecule has 1 amide bonds. The van der Waals surface area contributed by atoms with E-state index in [1.165, 1.54) is 0 Å². The third-order valence-electron chi connectivity index (χ3n) is 7.70. The van der Waals surface area contributed by atoms with Gasteiger partial charge < -0.3 is 29.6 Å². The lowest BCUT2D eigenvalue weighted by molar-refractivity contribution is 0.0765. The Balaban J connectivity index is 1.15. The van der Waals surface area contributed by atoms with E-state index in [0.29, 0.717) is 74.3 Å². The molecule has 0 unspecified atom stereocenters. The predicted octanol–water partition coefficient (Wildman–Crippen LogP) is 3.44. The molecule has 2 aromatic heterocycles. The molecule has 0 aliphatic carbocycles. The number of benzene rings is 1. The number of piperidine rings is 1. The first kappa shape index (κ1) is 24.5. The second kappa shape index (κ2) is 8.90. The summed E-state index contributed by atoms with van der Waals surface area (Å²) in [6.07, 6.45) is 3.13. The van der Waals surface area contributed by atoms with Crippen LogP contribution in [0.3, 0.4) is 0 Å². The Morgan fingerprint density at radius 1 is 1.16 bits per heavy atom. The van der Waals surface area contributed by atoms with Crippen molar-refractivity contribution in [2.24, 2.45) is 0 Å². The number of aliphatic hydroxyl groups excluding tert-OH is 1. The van der Waals surface area contributed by atoms with E-state index in [0.717, 1.165) is 16.8 Å².